The predicted molar refractivity (Wildman–Crippen MR) is 136 cm³/mol. The van der Waals surface area contributed by atoms with Gasteiger partial charge in [0.2, 0.25) is 0 Å². The highest BCUT2D eigenvalue weighted by atomic mass is 16.6. The number of rotatable bonds is 3. The Labute approximate surface area is 213 Å². The summed E-state index contributed by atoms with van der Waals surface area (Å²) in [7, 11) is 0. The van der Waals surface area contributed by atoms with E-state index in [1.807, 2.05) is 45.9 Å². The summed E-state index contributed by atoms with van der Waals surface area (Å²) in [6.45, 7) is 10.5. The van der Waals surface area contributed by atoms with Crippen LogP contribution in [0.4, 0.5) is 0 Å². The molecule has 7 nitrogen and oxygen atoms in total. The Balaban J connectivity index is 2.10. The molecule has 0 spiro atoms. The molecule has 0 radical (unpaired) electrons. The quantitative estimate of drug-likeness (QED) is 0.427. The van der Waals surface area contributed by atoms with E-state index in [0.29, 0.717) is 11.1 Å². The molecule has 1 unspecified atom stereocenters. The summed E-state index contributed by atoms with van der Waals surface area (Å²) < 4.78 is 11.7. The third-order valence-electron chi connectivity index (χ3n) is 7.76. The number of aliphatic hydroxyl groups is 3. The van der Waals surface area contributed by atoms with Gasteiger partial charge in [0.15, 0.2) is 0 Å². The van der Waals surface area contributed by atoms with Crippen molar-refractivity contribution in [3.63, 3.8) is 0 Å². The van der Waals surface area contributed by atoms with Gasteiger partial charge >= 0.3 is 11.9 Å². The van der Waals surface area contributed by atoms with E-state index in [0.717, 1.165) is 0 Å². The van der Waals surface area contributed by atoms with Gasteiger partial charge in [-0.15, -0.1) is 0 Å². The topological polar surface area (TPSA) is 113 Å². The Hall–Kier alpha value is -2.48. The summed E-state index contributed by atoms with van der Waals surface area (Å²) in [5, 5.41) is 34.0. The molecule has 3 N–H and O–H groups in total. The van der Waals surface area contributed by atoms with Crippen molar-refractivity contribution in [3.05, 3.63) is 59.7 Å². The van der Waals surface area contributed by atoms with Crippen molar-refractivity contribution in [2.75, 3.05) is 0 Å². The molecule has 2 aliphatic carbocycles. The molecular weight excluding hydrogens is 460 g/mol. The van der Waals surface area contributed by atoms with Crippen molar-refractivity contribution in [3.8, 4) is 0 Å². The lowest BCUT2D eigenvalue weighted by molar-refractivity contribution is -0.173. The summed E-state index contributed by atoms with van der Waals surface area (Å²) in [5.41, 5.74) is -1.28. The van der Waals surface area contributed by atoms with Gasteiger partial charge in [-0.05, 0) is 37.0 Å². The maximum absolute atomic E-state index is 13.0. The molecule has 0 aliphatic heterocycles. The SMILES string of the molecule is CC(=O)O[C@H]1C(C)/C=C/C(C)(C)[C@H](O)C[C@@H](O)/C(C)=C/[C@H]2[C@@H](OC(=O)c3ccccc3)[C@H](C)C[C@]12O. The van der Waals surface area contributed by atoms with Gasteiger partial charge in [-0.25, -0.2) is 4.79 Å². The van der Waals surface area contributed by atoms with Crippen LogP contribution >= 0.6 is 0 Å². The fourth-order valence-corrected chi connectivity index (χ4v) is 5.46. The zero-order valence-corrected chi connectivity index (χ0v) is 22.0. The minimum atomic E-state index is -1.56. The second-order valence-electron chi connectivity index (χ2n) is 11.2. The normalized spacial score (nSPS) is 38.9. The number of carbonyl (C=O) groups is 2. The standard InChI is InChI=1S/C29H40O7/c1-17-12-13-28(5,6)24(32)15-23(31)18(2)14-22-25(36-27(33)21-10-8-7-9-11-21)19(3)16-29(22,34)26(17)35-20(4)30/h7-14,17,19,22-26,31-32,34H,15-16H2,1-6H3/b13-12+,18-14+/t17?,19-,22+,23-,24-,25+,26+,29-/m1/s1. The molecule has 7 heteroatoms. The Morgan fingerprint density at radius 3 is 2.31 bits per heavy atom. The van der Waals surface area contributed by atoms with Crippen LogP contribution in [0, 0.1) is 23.2 Å². The number of esters is 2. The molecule has 1 saturated carbocycles. The van der Waals surface area contributed by atoms with Crippen LogP contribution in [-0.2, 0) is 14.3 Å². The average molecular weight is 501 g/mol. The summed E-state index contributed by atoms with van der Waals surface area (Å²) in [6, 6.07) is 8.63. The van der Waals surface area contributed by atoms with Gasteiger partial charge in [0, 0.05) is 30.6 Å². The number of fused-ring (bicyclic) bond motifs is 1. The third-order valence-corrected chi connectivity index (χ3v) is 7.76. The van der Waals surface area contributed by atoms with Crippen LogP contribution in [0.3, 0.4) is 0 Å². The largest absolute Gasteiger partial charge is 0.459 e. The van der Waals surface area contributed by atoms with Crippen LogP contribution in [0.2, 0.25) is 0 Å². The predicted octanol–water partition coefficient (Wildman–Crippen LogP) is 3.82. The molecule has 0 heterocycles. The van der Waals surface area contributed by atoms with Crippen LogP contribution in [0.5, 0.6) is 0 Å². The summed E-state index contributed by atoms with van der Waals surface area (Å²) >= 11 is 0. The second-order valence-corrected chi connectivity index (χ2v) is 11.2. The fourth-order valence-electron chi connectivity index (χ4n) is 5.46. The van der Waals surface area contributed by atoms with E-state index in [4.69, 9.17) is 9.47 Å². The molecule has 198 valence electrons. The fraction of sp³-hybridized carbons (Fsp3) is 0.586. The van der Waals surface area contributed by atoms with Crippen molar-refractivity contribution in [1.29, 1.82) is 0 Å². The Kier molecular flexibility index (Phi) is 8.48. The lowest BCUT2D eigenvalue weighted by Crippen LogP contribution is -2.52. The molecule has 0 aromatic heterocycles. The highest BCUT2D eigenvalue weighted by Crippen LogP contribution is 2.48. The maximum Gasteiger partial charge on any atom is 0.338 e. The van der Waals surface area contributed by atoms with Gasteiger partial charge in [0.25, 0.3) is 0 Å². The molecule has 0 amide bonds. The number of hydrogen-bond donors (Lipinski definition) is 3. The summed E-state index contributed by atoms with van der Waals surface area (Å²) in [5.74, 6) is -2.45. The number of aliphatic hydroxyl groups excluding tert-OH is 2. The number of carbonyl (C=O) groups excluding carboxylic acids is 2. The molecule has 1 fully saturated rings. The Morgan fingerprint density at radius 1 is 1.06 bits per heavy atom. The molecule has 3 rings (SSSR count). The molecule has 1 aromatic carbocycles. The van der Waals surface area contributed by atoms with E-state index < -0.39 is 59.2 Å². The van der Waals surface area contributed by atoms with Gasteiger partial charge in [0.1, 0.15) is 17.8 Å². The summed E-state index contributed by atoms with van der Waals surface area (Å²) in [6.07, 6.45) is 2.28. The summed E-state index contributed by atoms with van der Waals surface area (Å²) in [4.78, 5) is 25.1. The molecule has 8 atom stereocenters. The van der Waals surface area contributed by atoms with Crippen molar-refractivity contribution in [1.82, 2.24) is 0 Å². The highest BCUT2D eigenvalue weighted by Gasteiger charge is 2.58. The molecule has 36 heavy (non-hydrogen) atoms. The zero-order chi connectivity index (χ0) is 26.8. The van der Waals surface area contributed by atoms with Crippen LogP contribution < -0.4 is 0 Å². The van der Waals surface area contributed by atoms with E-state index in [-0.39, 0.29) is 18.8 Å². The van der Waals surface area contributed by atoms with E-state index in [1.54, 1.807) is 37.3 Å². The monoisotopic (exact) mass is 500 g/mol. The van der Waals surface area contributed by atoms with Crippen LogP contribution in [0.1, 0.15) is 64.7 Å². The molecule has 1 aromatic rings. The van der Waals surface area contributed by atoms with Gasteiger partial charge in [-0.3, -0.25) is 4.79 Å². The Bertz CT molecular complexity index is 998. The first-order valence-electron chi connectivity index (χ1n) is 12.7. The first-order chi connectivity index (χ1) is 16.8. The van der Waals surface area contributed by atoms with Crippen LogP contribution in [-0.4, -0.2) is 57.3 Å². The average Bonchev–Trinajstić information content (AvgIpc) is 3.05. The minimum absolute atomic E-state index is 0.108. The third kappa shape index (κ3) is 5.90. The van der Waals surface area contributed by atoms with E-state index in [2.05, 4.69) is 0 Å². The lowest BCUT2D eigenvalue weighted by atomic mass is 9.75. The maximum atomic E-state index is 13.0. The van der Waals surface area contributed by atoms with Crippen molar-refractivity contribution in [2.45, 2.75) is 84.4 Å². The first-order valence-corrected chi connectivity index (χ1v) is 12.7. The smallest absolute Gasteiger partial charge is 0.338 e. The van der Waals surface area contributed by atoms with E-state index in [1.165, 1.54) is 6.92 Å². The van der Waals surface area contributed by atoms with Gasteiger partial charge < -0.3 is 24.8 Å². The number of hydrogen-bond acceptors (Lipinski definition) is 7. The van der Waals surface area contributed by atoms with E-state index in [9.17, 15) is 24.9 Å². The first kappa shape index (κ1) is 28.1. The number of ether oxygens (including phenoxy) is 2. The molecular formula is C29H40O7. The molecule has 0 saturated heterocycles. The highest BCUT2D eigenvalue weighted by molar-refractivity contribution is 5.89. The second kappa shape index (κ2) is 10.9. The molecule has 0 bridgehead atoms. The van der Waals surface area contributed by atoms with Crippen LogP contribution in [0.15, 0.2) is 54.1 Å². The van der Waals surface area contributed by atoms with Gasteiger partial charge in [-0.1, -0.05) is 64.1 Å². The minimum Gasteiger partial charge on any atom is -0.459 e. The van der Waals surface area contributed by atoms with E-state index >= 15 is 0 Å². The van der Waals surface area contributed by atoms with Gasteiger partial charge in [-0.2, -0.15) is 0 Å². The van der Waals surface area contributed by atoms with Gasteiger partial charge in [0.05, 0.1) is 17.8 Å². The van der Waals surface area contributed by atoms with Crippen molar-refractivity contribution < 1.29 is 34.4 Å². The van der Waals surface area contributed by atoms with Crippen molar-refractivity contribution >= 4 is 11.9 Å². The Morgan fingerprint density at radius 2 is 1.69 bits per heavy atom. The lowest BCUT2D eigenvalue weighted by Gasteiger charge is -2.40. The molecule has 2 aliphatic rings. The van der Waals surface area contributed by atoms with Crippen LogP contribution in [0.25, 0.3) is 0 Å². The zero-order valence-electron chi connectivity index (χ0n) is 22.0. The number of benzene rings is 1. The van der Waals surface area contributed by atoms with Crippen molar-refractivity contribution in [2.24, 2.45) is 23.2 Å².